The molecule has 1 fully saturated rings. The molecule has 1 aliphatic carbocycles. The lowest BCUT2D eigenvalue weighted by atomic mass is 10.2. The third-order valence-electron chi connectivity index (χ3n) is 3.97. The molecule has 8 heteroatoms. The van der Waals surface area contributed by atoms with E-state index in [4.69, 9.17) is 0 Å². The molecule has 1 saturated carbocycles. The fourth-order valence-electron chi connectivity index (χ4n) is 2.68. The van der Waals surface area contributed by atoms with Crippen LogP contribution in [0.2, 0.25) is 0 Å². The normalized spacial score (nSPS) is 14.8. The predicted octanol–water partition coefficient (Wildman–Crippen LogP) is 2.65. The van der Waals surface area contributed by atoms with Gasteiger partial charge in [-0.15, -0.1) is 0 Å². The van der Waals surface area contributed by atoms with Crippen LogP contribution in [0.4, 0.5) is 5.69 Å². The van der Waals surface area contributed by atoms with Gasteiger partial charge in [0.05, 0.1) is 4.92 Å². The van der Waals surface area contributed by atoms with Gasteiger partial charge in [-0.25, -0.2) is 8.42 Å². The molecule has 126 valence electrons. The quantitative estimate of drug-likeness (QED) is 0.591. The predicted molar refractivity (Wildman–Crippen MR) is 87.8 cm³/mol. The van der Waals surface area contributed by atoms with Crippen molar-refractivity contribution in [3.05, 3.63) is 64.0 Å². The van der Waals surface area contributed by atoms with E-state index < -0.39 is 14.9 Å². The summed E-state index contributed by atoms with van der Waals surface area (Å²) in [4.78, 5) is 14.4. The molecule has 3 rings (SSSR count). The van der Waals surface area contributed by atoms with Gasteiger partial charge < -0.3 is 0 Å². The van der Waals surface area contributed by atoms with E-state index in [1.807, 2.05) is 0 Å². The van der Waals surface area contributed by atoms with Crippen molar-refractivity contribution in [3.8, 4) is 0 Å². The molecule has 24 heavy (non-hydrogen) atoms. The van der Waals surface area contributed by atoms with Crippen molar-refractivity contribution in [3.63, 3.8) is 0 Å². The number of rotatable bonds is 6. The Morgan fingerprint density at radius 2 is 2.04 bits per heavy atom. The van der Waals surface area contributed by atoms with Crippen molar-refractivity contribution in [1.82, 2.24) is 9.29 Å². The third kappa shape index (κ3) is 3.15. The molecule has 0 saturated heterocycles. The first-order valence-electron chi connectivity index (χ1n) is 7.56. The number of hydrogen-bond donors (Lipinski definition) is 0. The van der Waals surface area contributed by atoms with Crippen LogP contribution < -0.4 is 0 Å². The first kappa shape index (κ1) is 16.5. The van der Waals surface area contributed by atoms with E-state index in [0.29, 0.717) is 5.56 Å². The van der Waals surface area contributed by atoms with Crippen molar-refractivity contribution >= 4 is 15.7 Å². The van der Waals surface area contributed by atoms with Gasteiger partial charge in [0.1, 0.15) is 0 Å². The summed E-state index contributed by atoms with van der Waals surface area (Å²) in [5, 5.41) is 11.3. The van der Waals surface area contributed by atoms with Crippen LogP contribution in [0.3, 0.4) is 0 Å². The van der Waals surface area contributed by atoms with Gasteiger partial charge in [-0.05, 0) is 37.0 Å². The Balaban J connectivity index is 2.06. The maximum atomic E-state index is 13.2. The molecule has 0 bridgehead atoms. The molecule has 1 aromatic carbocycles. The monoisotopic (exact) mass is 347 g/mol. The third-order valence-corrected chi connectivity index (χ3v) is 6.06. The molecule has 1 heterocycles. The smallest absolute Gasteiger partial charge is 0.264 e. The van der Waals surface area contributed by atoms with E-state index in [-0.39, 0.29) is 23.2 Å². The second-order valence-corrected chi connectivity index (χ2v) is 7.65. The fourth-order valence-corrected chi connectivity index (χ4v) is 4.72. The zero-order valence-electron chi connectivity index (χ0n) is 13.1. The Hall–Kier alpha value is -2.32. The highest BCUT2D eigenvalue weighted by Crippen LogP contribution is 2.37. The van der Waals surface area contributed by atoms with Gasteiger partial charge in [0, 0.05) is 31.0 Å². The number of pyridine rings is 1. The Morgan fingerprint density at radius 1 is 1.29 bits per heavy atom. The highest BCUT2D eigenvalue weighted by Gasteiger charge is 2.41. The number of nitro groups is 1. The van der Waals surface area contributed by atoms with Gasteiger partial charge in [-0.3, -0.25) is 15.1 Å². The van der Waals surface area contributed by atoms with Gasteiger partial charge in [0.15, 0.2) is 4.90 Å². The van der Waals surface area contributed by atoms with Crippen LogP contribution in [-0.2, 0) is 16.6 Å². The molecule has 1 aromatic heterocycles. The molecule has 2 aromatic rings. The number of hydrogen-bond acceptors (Lipinski definition) is 5. The average Bonchev–Trinajstić information content (AvgIpc) is 3.37. The Kier molecular flexibility index (Phi) is 4.33. The lowest BCUT2D eigenvalue weighted by molar-refractivity contribution is -0.387. The largest absolute Gasteiger partial charge is 0.289 e. The topological polar surface area (TPSA) is 93.4 Å². The minimum absolute atomic E-state index is 0.116. The lowest BCUT2D eigenvalue weighted by Gasteiger charge is -2.22. The Morgan fingerprint density at radius 3 is 2.62 bits per heavy atom. The maximum Gasteiger partial charge on any atom is 0.289 e. The summed E-state index contributed by atoms with van der Waals surface area (Å²) >= 11 is 0. The molecule has 0 atom stereocenters. The molecule has 0 radical (unpaired) electrons. The zero-order chi connectivity index (χ0) is 17.3. The molecular weight excluding hydrogens is 330 g/mol. The van der Waals surface area contributed by atoms with Gasteiger partial charge in [0.25, 0.3) is 15.7 Å². The Labute approximate surface area is 140 Å². The van der Waals surface area contributed by atoms with E-state index in [0.717, 1.165) is 18.4 Å². The van der Waals surface area contributed by atoms with Gasteiger partial charge in [0.2, 0.25) is 0 Å². The van der Waals surface area contributed by atoms with Gasteiger partial charge in [-0.1, -0.05) is 18.2 Å². The first-order valence-corrected chi connectivity index (χ1v) is 9.00. The summed E-state index contributed by atoms with van der Waals surface area (Å²) in [6, 6.07) is 7.72. The van der Waals surface area contributed by atoms with Crippen molar-refractivity contribution in [2.24, 2.45) is 0 Å². The van der Waals surface area contributed by atoms with Crippen molar-refractivity contribution in [2.45, 2.75) is 37.2 Å². The molecule has 0 amide bonds. The molecule has 0 spiro atoms. The van der Waals surface area contributed by atoms with Gasteiger partial charge in [-0.2, -0.15) is 4.31 Å². The summed E-state index contributed by atoms with van der Waals surface area (Å²) < 4.78 is 27.7. The lowest BCUT2D eigenvalue weighted by Crippen LogP contribution is -2.33. The number of nitro benzene ring substituents is 1. The summed E-state index contributed by atoms with van der Waals surface area (Å²) in [5.74, 6) is 0. The van der Waals surface area contributed by atoms with E-state index in [1.165, 1.54) is 16.4 Å². The van der Waals surface area contributed by atoms with Crippen LogP contribution in [0, 0.1) is 17.0 Å². The minimum Gasteiger partial charge on any atom is -0.264 e. The summed E-state index contributed by atoms with van der Waals surface area (Å²) in [5.41, 5.74) is 0.747. The standard InChI is InChI=1S/C16H17N3O4S/c1-12-4-2-6-15(19(20)21)16(12)24(22,23)18(14-7-8-14)11-13-5-3-9-17-10-13/h2-6,9-10,14H,7-8,11H2,1H3. The average molecular weight is 347 g/mol. The molecular formula is C16H17N3O4S. The zero-order valence-corrected chi connectivity index (χ0v) is 13.9. The molecule has 1 aliphatic rings. The van der Waals surface area contributed by atoms with E-state index in [9.17, 15) is 18.5 Å². The van der Waals surface area contributed by atoms with Crippen molar-refractivity contribution in [2.75, 3.05) is 0 Å². The van der Waals surface area contributed by atoms with E-state index >= 15 is 0 Å². The second-order valence-electron chi connectivity index (χ2n) is 5.82. The molecule has 7 nitrogen and oxygen atoms in total. The first-order chi connectivity index (χ1) is 11.4. The second kappa shape index (κ2) is 6.29. The van der Waals surface area contributed by atoms with Crippen LogP contribution >= 0.6 is 0 Å². The minimum atomic E-state index is -3.98. The fraction of sp³-hybridized carbons (Fsp3) is 0.312. The van der Waals surface area contributed by atoms with Crippen molar-refractivity contribution < 1.29 is 13.3 Å². The highest BCUT2D eigenvalue weighted by atomic mass is 32.2. The SMILES string of the molecule is Cc1cccc([N+](=O)[O-])c1S(=O)(=O)N(Cc1cccnc1)C1CC1. The van der Waals surface area contributed by atoms with Crippen molar-refractivity contribution in [1.29, 1.82) is 0 Å². The van der Waals surface area contributed by atoms with Crippen LogP contribution in [0.15, 0.2) is 47.6 Å². The number of nitrogens with zero attached hydrogens (tertiary/aromatic N) is 3. The highest BCUT2D eigenvalue weighted by molar-refractivity contribution is 7.89. The van der Waals surface area contributed by atoms with Crippen LogP contribution in [-0.4, -0.2) is 28.7 Å². The number of aromatic nitrogens is 1. The number of aryl methyl sites for hydroxylation is 1. The number of sulfonamides is 1. The van der Waals surface area contributed by atoms with Gasteiger partial charge >= 0.3 is 0 Å². The maximum absolute atomic E-state index is 13.2. The molecule has 0 N–H and O–H groups in total. The van der Waals surface area contributed by atoms with E-state index in [2.05, 4.69) is 4.98 Å². The van der Waals surface area contributed by atoms with E-state index in [1.54, 1.807) is 37.5 Å². The molecule has 0 unspecified atom stereocenters. The van der Waals surface area contributed by atoms with Crippen LogP contribution in [0.25, 0.3) is 0 Å². The summed E-state index contributed by atoms with van der Waals surface area (Å²) in [7, 11) is -3.98. The van der Waals surface area contributed by atoms with Crippen LogP contribution in [0.5, 0.6) is 0 Å². The number of benzene rings is 1. The molecule has 0 aliphatic heterocycles. The summed E-state index contributed by atoms with van der Waals surface area (Å²) in [6.45, 7) is 1.74. The Bertz CT molecular complexity index is 864. The van der Waals surface area contributed by atoms with Crippen LogP contribution in [0.1, 0.15) is 24.0 Å². The summed E-state index contributed by atoms with van der Waals surface area (Å²) in [6.07, 6.45) is 4.75.